The molecule has 9 nitrogen and oxygen atoms in total. The third kappa shape index (κ3) is 15.8. The quantitative estimate of drug-likeness (QED) is 0.117. The van der Waals surface area contributed by atoms with Crippen molar-refractivity contribution in [3.05, 3.63) is 68.8 Å². The van der Waals surface area contributed by atoms with E-state index in [1.165, 1.54) is 60.7 Å². The first-order valence-corrected chi connectivity index (χ1v) is 16.6. The number of rotatable bonds is 6. The van der Waals surface area contributed by atoms with Crippen LogP contribution in [-0.4, -0.2) is 39.0 Å². The highest BCUT2D eigenvalue weighted by Crippen LogP contribution is 2.38. The molecule has 0 saturated heterocycles. The van der Waals surface area contributed by atoms with Gasteiger partial charge < -0.3 is 31.5 Å². The number of allylic oxidation sites excluding steroid dienone is 1. The molecule has 2 amide bonds. The number of nitrogens with two attached hydrogens (primary N) is 3. The minimum absolute atomic E-state index is 0.250. The van der Waals surface area contributed by atoms with Gasteiger partial charge >= 0.3 is 14.6 Å². The molecule has 1 aliphatic carbocycles. The first-order valence-electron chi connectivity index (χ1n) is 14.7. The number of carbonyl (C=O) groups excluding carboxylic acids is 2. The van der Waals surface area contributed by atoms with Gasteiger partial charge in [0.05, 0.1) is 13.2 Å². The second-order valence-electron chi connectivity index (χ2n) is 9.92. The Morgan fingerprint density at radius 2 is 1.74 bits per heavy atom. The largest absolute Gasteiger partial charge is 0.491 e. The molecule has 5 rings (SSSR count). The van der Waals surface area contributed by atoms with E-state index in [2.05, 4.69) is 50.1 Å². The van der Waals surface area contributed by atoms with Crippen molar-refractivity contribution in [3.8, 4) is 0 Å². The van der Waals surface area contributed by atoms with Crippen molar-refractivity contribution in [2.45, 2.75) is 79.4 Å². The van der Waals surface area contributed by atoms with Gasteiger partial charge in [-0.05, 0) is 92.1 Å². The van der Waals surface area contributed by atoms with Crippen LogP contribution in [0, 0.1) is 22.3 Å². The standard InChI is InChI=1S/C12H23N.C8H8BO.C7H6BIO3.C2H6.2CH3NO/c1-10(2)12-8-5-7-11(12)6-3-4-9-13;1-6-2-3-7-5-10-9-8(7)4-6;10-8-7-3-6(9-11)2-1-5(7)4-12-8;1-2;2*2-1-3/h11-12H,1,3-9,13H2,2H3;2-4H,5H2,1H3;1-3,10H,4H2;1-2H3;2*1H,(H2,2,3). The fourth-order valence-electron chi connectivity index (χ4n) is 4.99. The second-order valence-corrected chi connectivity index (χ2v) is 11.6. The Kier molecular flexibility index (Phi) is 23.6. The minimum Gasteiger partial charge on any atom is -0.430 e. The summed E-state index contributed by atoms with van der Waals surface area (Å²) in [4.78, 5) is 17.2. The number of halogens is 1. The van der Waals surface area contributed by atoms with E-state index in [0.717, 1.165) is 39.6 Å². The van der Waals surface area contributed by atoms with Crippen molar-refractivity contribution >= 4 is 59.5 Å². The normalized spacial score (nSPS) is 16.7. The molecule has 0 bridgehead atoms. The number of fused-ring (bicyclic) bond motifs is 2. The van der Waals surface area contributed by atoms with Gasteiger partial charge in [0, 0.05) is 3.57 Å². The summed E-state index contributed by atoms with van der Waals surface area (Å²) in [5.41, 5.74) is 20.8. The van der Waals surface area contributed by atoms with Gasteiger partial charge in [-0.1, -0.05) is 68.7 Å². The van der Waals surface area contributed by atoms with Crippen LogP contribution in [0.15, 0.2) is 48.6 Å². The molecule has 2 atom stereocenters. The van der Waals surface area contributed by atoms with Crippen molar-refractivity contribution in [3.63, 3.8) is 0 Å². The molecule has 237 valence electrons. The molecular weight excluding hydrogens is 659 g/mol. The third-order valence-corrected chi connectivity index (χ3v) is 8.11. The predicted octanol–water partition coefficient (Wildman–Crippen LogP) is 3.50. The molecule has 2 aromatic rings. The van der Waals surface area contributed by atoms with Crippen LogP contribution in [0.4, 0.5) is 0 Å². The third-order valence-electron chi connectivity index (χ3n) is 6.93. The summed E-state index contributed by atoms with van der Waals surface area (Å²) in [6.45, 7) is 14.4. The smallest absolute Gasteiger partial charge is 0.430 e. The van der Waals surface area contributed by atoms with E-state index < -0.39 is 28.3 Å². The highest BCUT2D eigenvalue weighted by atomic mass is 127. The van der Waals surface area contributed by atoms with Crippen LogP contribution >= 0.6 is 21.2 Å². The molecule has 2 heterocycles. The second kappa shape index (κ2) is 25.0. The zero-order chi connectivity index (χ0) is 32.6. The number of carbonyl (C=O) groups is 2. The van der Waals surface area contributed by atoms with Crippen LogP contribution in [-0.2, 0) is 35.2 Å². The summed E-state index contributed by atoms with van der Waals surface area (Å²) in [7, 11) is 0.998. The van der Waals surface area contributed by atoms with Gasteiger partial charge in [-0.15, -0.1) is 0 Å². The van der Waals surface area contributed by atoms with Crippen LogP contribution in [0.3, 0.4) is 0 Å². The predicted molar refractivity (Wildman–Crippen MR) is 184 cm³/mol. The Bertz CT molecular complexity index is 1100. The summed E-state index contributed by atoms with van der Waals surface area (Å²) < 4.78 is 21.6. The van der Waals surface area contributed by atoms with E-state index in [4.69, 9.17) is 24.6 Å². The highest BCUT2D eigenvalue weighted by Gasteiger charge is 2.27. The van der Waals surface area contributed by atoms with E-state index >= 15 is 0 Å². The van der Waals surface area contributed by atoms with Crippen molar-refractivity contribution < 1.29 is 27.0 Å². The van der Waals surface area contributed by atoms with Gasteiger partial charge in [0.2, 0.25) is 12.8 Å². The Morgan fingerprint density at radius 1 is 1.09 bits per heavy atom. The van der Waals surface area contributed by atoms with Gasteiger partial charge in [-0.2, -0.15) is 0 Å². The van der Waals surface area contributed by atoms with Crippen molar-refractivity contribution in [1.82, 2.24) is 0 Å². The molecule has 1 radical (unpaired) electrons. The molecule has 7 N–H and O–H groups in total. The van der Waals surface area contributed by atoms with E-state index in [9.17, 15) is 8.09 Å². The zero-order valence-electron chi connectivity index (χ0n) is 26.1. The summed E-state index contributed by atoms with van der Waals surface area (Å²) in [5, 5.41) is 9.29. The van der Waals surface area contributed by atoms with E-state index in [0.29, 0.717) is 6.61 Å². The average Bonchev–Trinajstić information content (AvgIpc) is 3.76. The number of benzene rings is 2. The van der Waals surface area contributed by atoms with Gasteiger partial charge in [0.15, 0.2) is 21.2 Å². The summed E-state index contributed by atoms with van der Waals surface area (Å²) in [6.07, 6.45) is 8.58. The van der Waals surface area contributed by atoms with Crippen LogP contribution in [0.1, 0.15) is 76.0 Å². The molecular formula is C31H49B2IN3O6. The first kappa shape index (κ1) is 40.6. The average molecular weight is 708 g/mol. The summed E-state index contributed by atoms with van der Waals surface area (Å²) >= 11 is -1.13. The number of unbranched alkanes of at least 4 members (excludes halogenated alkanes) is 1. The van der Waals surface area contributed by atoms with Crippen molar-refractivity contribution in [2.24, 2.45) is 29.0 Å². The topological polar surface area (TPSA) is 168 Å². The monoisotopic (exact) mass is 708 g/mol. The fourth-order valence-corrected chi connectivity index (χ4v) is 5.78. The molecule has 0 aromatic heterocycles. The Morgan fingerprint density at radius 3 is 2.35 bits per heavy atom. The van der Waals surface area contributed by atoms with Crippen LogP contribution in [0.5, 0.6) is 0 Å². The maximum Gasteiger partial charge on any atom is 0.491 e. The van der Waals surface area contributed by atoms with Crippen LogP contribution < -0.4 is 28.1 Å². The lowest BCUT2D eigenvalue weighted by atomic mass is 9.80. The number of primary amides is 2. The number of hydrogen-bond acceptors (Lipinski definition) is 7. The SMILES string of the molecule is C=C(C)C1CCCC1CCCCN.CC.Cc1ccc2c(c1)[B]OC2.NC=O.NC=O.O=Ic1ccc2c(c1)B(O)OC2. The lowest BCUT2D eigenvalue weighted by molar-refractivity contribution is -0.107. The molecule has 0 spiro atoms. The van der Waals surface area contributed by atoms with Crippen LogP contribution in [0.2, 0.25) is 0 Å². The van der Waals surface area contributed by atoms with E-state index in [1.807, 2.05) is 33.5 Å². The maximum absolute atomic E-state index is 10.6. The lowest BCUT2D eigenvalue weighted by Gasteiger charge is -2.19. The van der Waals surface area contributed by atoms with Gasteiger partial charge in [0.1, 0.15) is 0 Å². The molecule has 1 saturated carbocycles. The number of aryl methyl sites for hydroxylation is 1. The molecule has 2 aromatic carbocycles. The highest BCUT2D eigenvalue weighted by molar-refractivity contribution is 14.1. The van der Waals surface area contributed by atoms with Crippen molar-refractivity contribution in [2.75, 3.05) is 6.54 Å². The Labute approximate surface area is 269 Å². The zero-order valence-corrected chi connectivity index (χ0v) is 28.3. The molecule has 2 aliphatic heterocycles. The molecule has 2 unspecified atom stereocenters. The minimum atomic E-state index is -1.13. The fraction of sp³-hybridized carbons (Fsp3) is 0.484. The molecule has 12 heteroatoms. The van der Waals surface area contributed by atoms with Gasteiger partial charge in [-0.3, -0.25) is 12.7 Å². The Balaban J connectivity index is 0.000000550. The maximum atomic E-state index is 10.6. The van der Waals surface area contributed by atoms with Gasteiger partial charge in [0.25, 0.3) is 0 Å². The molecule has 43 heavy (non-hydrogen) atoms. The molecule has 3 aliphatic rings. The molecule has 1 fully saturated rings. The van der Waals surface area contributed by atoms with E-state index in [1.54, 1.807) is 6.07 Å². The number of amides is 2. The summed E-state index contributed by atoms with van der Waals surface area (Å²) in [6, 6.07) is 11.8. The lowest BCUT2D eigenvalue weighted by Crippen LogP contribution is -2.28. The van der Waals surface area contributed by atoms with Gasteiger partial charge in [-0.25, -0.2) is 0 Å². The first-order chi connectivity index (χ1) is 20.8. The van der Waals surface area contributed by atoms with E-state index in [-0.39, 0.29) is 12.8 Å². The number of hydrogen-bond donors (Lipinski definition) is 4. The Hall–Kier alpha value is -2.38. The summed E-state index contributed by atoms with van der Waals surface area (Å²) in [5.74, 6) is 1.74. The van der Waals surface area contributed by atoms with Crippen molar-refractivity contribution in [1.29, 1.82) is 0 Å². The van der Waals surface area contributed by atoms with Crippen LogP contribution in [0.25, 0.3) is 0 Å².